The van der Waals surface area contributed by atoms with Crippen LogP contribution >= 0.6 is 0 Å². The van der Waals surface area contributed by atoms with Gasteiger partial charge in [0, 0.05) is 38.8 Å². The van der Waals surface area contributed by atoms with Gasteiger partial charge in [-0.2, -0.15) is 0 Å². The molecule has 0 spiro atoms. The number of aliphatic hydroxyl groups excluding tert-OH is 2. The molecule has 0 saturated carbocycles. The summed E-state index contributed by atoms with van der Waals surface area (Å²) in [4.78, 5) is 15.4. The van der Waals surface area contributed by atoms with Gasteiger partial charge in [-0.05, 0) is 24.3 Å². The van der Waals surface area contributed by atoms with E-state index in [0.29, 0.717) is 5.75 Å². The highest BCUT2D eigenvalue weighted by Crippen LogP contribution is 2.21. The number of ether oxygens (including phenoxy) is 1. The fraction of sp³-hybridized carbons (Fsp3) is 0.533. The maximum atomic E-state index is 11.3. The van der Waals surface area contributed by atoms with Crippen molar-refractivity contribution >= 4 is 11.6 Å². The number of anilines is 1. The van der Waals surface area contributed by atoms with Crippen LogP contribution in [0.4, 0.5) is 5.69 Å². The number of carbonyl (C=O) groups excluding carboxylic acids is 1. The Morgan fingerprint density at radius 1 is 1.24 bits per heavy atom. The van der Waals surface area contributed by atoms with Crippen molar-refractivity contribution in [2.24, 2.45) is 0 Å². The van der Waals surface area contributed by atoms with Crippen LogP contribution in [-0.2, 0) is 4.79 Å². The molecule has 0 aliphatic carbocycles. The molecule has 0 aromatic heterocycles. The predicted octanol–water partition coefficient (Wildman–Crippen LogP) is 0.0871. The Morgan fingerprint density at radius 3 is 2.38 bits per heavy atom. The Morgan fingerprint density at radius 2 is 1.86 bits per heavy atom. The van der Waals surface area contributed by atoms with Crippen LogP contribution in [0.25, 0.3) is 0 Å². The Hall–Kier alpha value is -1.79. The van der Waals surface area contributed by atoms with Crippen LogP contribution < -0.4 is 9.64 Å². The fourth-order valence-corrected chi connectivity index (χ4v) is 2.28. The van der Waals surface area contributed by atoms with Gasteiger partial charge in [0.1, 0.15) is 18.5 Å². The lowest BCUT2D eigenvalue weighted by molar-refractivity contribution is -0.129. The molecule has 1 aromatic rings. The van der Waals surface area contributed by atoms with Gasteiger partial charge in [-0.1, -0.05) is 0 Å². The van der Waals surface area contributed by atoms with Crippen LogP contribution in [0.15, 0.2) is 24.3 Å². The molecule has 1 saturated heterocycles. The summed E-state index contributed by atoms with van der Waals surface area (Å²) in [5.74, 6) is 0.787. The molecule has 1 atom stereocenters. The molecular weight excluding hydrogens is 272 g/mol. The number of piperazine rings is 1. The van der Waals surface area contributed by atoms with E-state index in [2.05, 4.69) is 4.90 Å². The van der Waals surface area contributed by atoms with Gasteiger partial charge in [0.2, 0.25) is 5.91 Å². The number of amides is 1. The van der Waals surface area contributed by atoms with E-state index in [1.54, 1.807) is 6.92 Å². The molecule has 2 N–H and O–H groups in total. The topological polar surface area (TPSA) is 73.2 Å². The lowest BCUT2D eigenvalue weighted by Crippen LogP contribution is -2.48. The number of rotatable bonds is 5. The van der Waals surface area contributed by atoms with Crippen molar-refractivity contribution in [1.29, 1.82) is 0 Å². The molecule has 116 valence electrons. The number of carbonyl (C=O) groups is 1. The maximum Gasteiger partial charge on any atom is 0.219 e. The predicted molar refractivity (Wildman–Crippen MR) is 79.5 cm³/mol. The summed E-state index contributed by atoms with van der Waals surface area (Å²) in [5, 5.41) is 18.0. The minimum Gasteiger partial charge on any atom is -0.491 e. The molecule has 6 heteroatoms. The number of nitrogens with zero attached hydrogens (tertiary/aromatic N) is 2. The average molecular weight is 294 g/mol. The van der Waals surface area contributed by atoms with Crippen molar-refractivity contribution in [2.75, 3.05) is 44.3 Å². The van der Waals surface area contributed by atoms with E-state index in [1.807, 2.05) is 29.2 Å². The molecule has 1 aliphatic rings. The third kappa shape index (κ3) is 4.34. The first-order valence-corrected chi connectivity index (χ1v) is 7.12. The first-order chi connectivity index (χ1) is 10.1. The van der Waals surface area contributed by atoms with Gasteiger partial charge in [-0.3, -0.25) is 4.79 Å². The van der Waals surface area contributed by atoms with E-state index in [1.165, 1.54) is 0 Å². The van der Waals surface area contributed by atoms with Gasteiger partial charge in [-0.25, -0.2) is 0 Å². The molecule has 0 bridgehead atoms. The summed E-state index contributed by atoms with van der Waals surface area (Å²) in [6, 6.07) is 7.61. The summed E-state index contributed by atoms with van der Waals surface area (Å²) in [6.45, 7) is 4.51. The largest absolute Gasteiger partial charge is 0.491 e. The smallest absolute Gasteiger partial charge is 0.219 e. The fourth-order valence-electron chi connectivity index (χ4n) is 2.28. The first kappa shape index (κ1) is 15.6. The molecular formula is C15H22N2O4. The van der Waals surface area contributed by atoms with Crippen LogP contribution in [0.2, 0.25) is 0 Å². The minimum atomic E-state index is -0.857. The van der Waals surface area contributed by atoms with Crippen molar-refractivity contribution in [3.8, 4) is 5.75 Å². The zero-order valence-electron chi connectivity index (χ0n) is 12.2. The summed E-state index contributed by atoms with van der Waals surface area (Å²) in [7, 11) is 0. The highest BCUT2D eigenvalue weighted by atomic mass is 16.5. The zero-order chi connectivity index (χ0) is 15.2. The highest BCUT2D eigenvalue weighted by Gasteiger charge is 2.18. The summed E-state index contributed by atoms with van der Waals surface area (Å²) < 4.78 is 5.37. The molecule has 6 nitrogen and oxygen atoms in total. The van der Waals surface area contributed by atoms with E-state index < -0.39 is 6.10 Å². The van der Waals surface area contributed by atoms with Gasteiger partial charge in [-0.15, -0.1) is 0 Å². The zero-order valence-corrected chi connectivity index (χ0v) is 12.2. The third-order valence-electron chi connectivity index (χ3n) is 3.58. The molecule has 1 aromatic carbocycles. The van der Waals surface area contributed by atoms with Gasteiger partial charge in [0.25, 0.3) is 0 Å². The molecule has 21 heavy (non-hydrogen) atoms. The highest BCUT2D eigenvalue weighted by molar-refractivity contribution is 5.73. The normalized spacial score (nSPS) is 16.7. The van der Waals surface area contributed by atoms with Gasteiger partial charge >= 0.3 is 0 Å². The summed E-state index contributed by atoms with van der Waals surface area (Å²) in [5.41, 5.74) is 1.09. The second-order valence-electron chi connectivity index (χ2n) is 5.13. The van der Waals surface area contributed by atoms with E-state index in [0.717, 1.165) is 31.9 Å². The van der Waals surface area contributed by atoms with Crippen molar-refractivity contribution in [1.82, 2.24) is 4.90 Å². The van der Waals surface area contributed by atoms with Crippen molar-refractivity contribution in [2.45, 2.75) is 13.0 Å². The monoisotopic (exact) mass is 294 g/mol. The maximum absolute atomic E-state index is 11.3. The molecule has 1 fully saturated rings. The van der Waals surface area contributed by atoms with Crippen LogP contribution in [-0.4, -0.2) is 66.5 Å². The number of hydrogen-bond acceptors (Lipinski definition) is 5. The van der Waals surface area contributed by atoms with Crippen LogP contribution in [0.3, 0.4) is 0 Å². The quantitative estimate of drug-likeness (QED) is 0.805. The van der Waals surface area contributed by atoms with Crippen LogP contribution in [0.5, 0.6) is 5.75 Å². The second kappa shape index (κ2) is 7.28. The van der Waals surface area contributed by atoms with E-state index in [-0.39, 0.29) is 19.1 Å². The van der Waals surface area contributed by atoms with E-state index in [9.17, 15) is 9.90 Å². The Labute approximate surface area is 124 Å². The summed E-state index contributed by atoms with van der Waals surface area (Å²) in [6.07, 6.45) is -0.857. The first-order valence-electron chi connectivity index (χ1n) is 7.12. The molecule has 2 rings (SSSR count). The molecule has 0 radical (unpaired) electrons. The number of aliphatic hydroxyl groups is 2. The minimum absolute atomic E-state index is 0.0765. The Balaban J connectivity index is 1.86. The van der Waals surface area contributed by atoms with Gasteiger partial charge in [0.15, 0.2) is 0 Å². The molecule has 1 amide bonds. The average Bonchev–Trinajstić information content (AvgIpc) is 2.53. The lowest BCUT2D eigenvalue weighted by atomic mass is 10.2. The number of hydrogen-bond donors (Lipinski definition) is 2. The van der Waals surface area contributed by atoms with Gasteiger partial charge in [0.05, 0.1) is 6.61 Å². The molecule has 1 unspecified atom stereocenters. The molecule has 1 heterocycles. The van der Waals surface area contributed by atoms with Crippen LogP contribution in [0.1, 0.15) is 6.92 Å². The standard InChI is InChI=1S/C15H22N2O4/c1-12(19)16-6-8-17(9-7-16)13-2-4-15(5-3-13)21-11-14(20)10-18/h2-5,14,18,20H,6-11H2,1H3. The lowest BCUT2D eigenvalue weighted by Gasteiger charge is -2.35. The van der Waals surface area contributed by atoms with Crippen molar-refractivity contribution in [3.05, 3.63) is 24.3 Å². The van der Waals surface area contributed by atoms with Crippen molar-refractivity contribution in [3.63, 3.8) is 0 Å². The second-order valence-corrected chi connectivity index (χ2v) is 5.13. The molecule has 1 aliphatic heterocycles. The Kier molecular flexibility index (Phi) is 5.41. The Bertz CT molecular complexity index is 455. The van der Waals surface area contributed by atoms with Crippen LogP contribution in [0, 0.1) is 0 Å². The van der Waals surface area contributed by atoms with E-state index in [4.69, 9.17) is 9.84 Å². The van der Waals surface area contributed by atoms with Gasteiger partial charge < -0.3 is 24.7 Å². The SMILES string of the molecule is CC(=O)N1CCN(c2ccc(OCC(O)CO)cc2)CC1. The third-order valence-corrected chi connectivity index (χ3v) is 3.58. The summed E-state index contributed by atoms with van der Waals surface area (Å²) >= 11 is 0. The number of benzene rings is 1. The van der Waals surface area contributed by atoms with Crippen molar-refractivity contribution < 1.29 is 19.7 Å². The van der Waals surface area contributed by atoms with E-state index >= 15 is 0 Å².